The summed E-state index contributed by atoms with van der Waals surface area (Å²) in [5.41, 5.74) is 2.97. The summed E-state index contributed by atoms with van der Waals surface area (Å²) in [5, 5.41) is 30.5. The van der Waals surface area contributed by atoms with Crippen LogP contribution in [0.4, 0.5) is 0 Å². The van der Waals surface area contributed by atoms with Crippen molar-refractivity contribution in [1.29, 1.82) is 0 Å². The van der Waals surface area contributed by atoms with Crippen LogP contribution < -0.4 is 0 Å². The van der Waals surface area contributed by atoms with E-state index in [4.69, 9.17) is 0 Å². The normalized spacial score (nSPS) is 11.2. The Labute approximate surface area is 179 Å². The minimum Gasteiger partial charge on any atom is -0.505 e. The Morgan fingerprint density at radius 1 is 0.839 bits per heavy atom. The molecule has 31 heavy (non-hydrogen) atoms. The summed E-state index contributed by atoms with van der Waals surface area (Å²) in [4.78, 5) is 17.2. The topological polar surface area (TPSA) is 90.7 Å². The van der Waals surface area contributed by atoms with Gasteiger partial charge in [0.15, 0.2) is 23.0 Å². The van der Waals surface area contributed by atoms with E-state index in [2.05, 4.69) is 4.98 Å². The number of aryl methyl sites for hydroxylation is 1. The van der Waals surface area contributed by atoms with Crippen LogP contribution in [0.25, 0.3) is 23.1 Å². The highest BCUT2D eigenvalue weighted by atomic mass is 16.3. The second-order valence-electron chi connectivity index (χ2n) is 7.26. The standard InChI is InChI=1S/C26H21NO4/c28-22(14-7-17-4-2-1-3-5-17)21-13-10-19-9-12-20(27-25(19)26(21)31)11-6-18-8-15-23(29)24(30)16-18/h1-6,8-13,15-16,29-31H,7,14H2/b11-6+. The fourth-order valence-corrected chi connectivity index (χ4v) is 3.37. The number of ketones is 1. The maximum Gasteiger partial charge on any atom is 0.167 e. The first kappa shape index (κ1) is 20.2. The van der Waals surface area contributed by atoms with Crippen molar-refractivity contribution in [2.45, 2.75) is 12.8 Å². The summed E-state index contributed by atoms with van der Waals surface area (Å²) >= 11 is 0. The first-order valence-corrected chi connectivity index (χ1v) is 9.91. The Morgan fingerprint density at radius 2 is 1.61 bits per heavy atom. The number of carbonyl (C=O) groups is 1. The molecule has 5 nitrogen and oxygen atoms in total. The largest absolute Gasteiger partial charge is 0.505 e. The van der Waals surface area contributed by atoms with Crippen LogP contribution in [-0.2, 0) is 6.42 Å². The molecule has 0 fully saturated rings. The highest BCUT2D eigenvalue weighted by molar-refractivity contribution is 6.03. The van der Waals surface area contributed by atoms with Gasteiger partial charge in [0.2, 0.25) is 0 Å². The van der Waals surface area contributed by atoms with Gasteiger partial charge in [-0.15, -0.1) is 0 Å². The molecule has 0 saturated carbocycles. The van der Waals surface area contributed by atoms with Gasteiger partial charge < -0.3 is 15.3 Å². The molecule has 0 radical (unpaired) electrons. The van der Waals surface area contributed by atoms with Gasteiger partial charge in [-0.05, 0) is 47.9 Å². The molecule has 0 saturated heterocycles. The van der Waals surface area contributed by atoms with Crippen molar-refractivity contribution in [2.24, 2.45) is 0 Å². The second kappa shape index (κ2) is 8.71. The maximum absolute atomic E-state index is 12.7. The van der Waals surface area contributed by atoms with E-state index in [1.165, 1.54) is 12.1 Å². The van der Waals surface area contributed by atoms with E-state index >= 15 is 0 Å². The van der Waals surface area contributed by atoms with E-state index < -0.39 is 0 Å². The zero-order chi connectivity index (χ0) is 21.8. The van der Waals surface area contributed by atoms with Gasteiger partial charge in [0.1, 0.15) is 5.52 Å². The average molecular weight is 411 g/mol. The van der Waals surface area contributed by atoms with Crippen molar-refractivity contribution >= 4 is 28.8 Å². The lowest BCUT2D eigenvalue weighted by molar-refractivity contribution is 0.0980. The minimum atomic E-state index is -0.204. The number of aromatic hydroxyl groups is 3. The van der Waals surface area contributed by atoms with Crippen molar-refractivity contribution in [3.05, 3.63) is 95.2 Å². The molecule has 154 valence electrons. The molecule has 0 aliphatic carbocycles. The van der Waals surface area contributed by atoms with E-state index in [1.807, 2.05) is 36.4 Å². The van der Waals surface area contributed by atoms with Crippen LogP contribution in [0.1, 0.15) is 33.6 Å². The molecule has 5 heteroatoms. The van der Waals surface area contributed by atoms with Crippen molar-refractivity contribution in [3.63, 3.8) is 0 Å². The van der Waals surface area contributed by atoms with Gasteiger partial charge in [-0.25, -0.2) is 4.98 Å². The van der Waals surface area contributed by atoms with Gasteiger partial charge in [0.25, 0.3) is 0 Å². The number of aromatic nitrogens is 1. The Balaban J connectivity index is 1.58. The van der Waals surface area contributed by atoms with Crippen LogP contribution in [0.5, 0.6) is 17.2 Å². The fraction of sp³-hybridized carbons (Fsp3) is 0.0769. The van der Waals surface area contributed by atoms with Gasteiger partial charge in [-0.1, -0.05) is 54.6 Å². The molecule has 4 aromatic rings. The summed E-state index contributed by atoms with van der Waals surface area (Å²) in [6, 6.07) is 21.3. The zero-order valence-electron chi connectivity index (χ0n) is 16.7. The third-order valence-corrected chi connectivity index (χ3v) is 5.09. The first-order valence-electron chi connectivity index (χ1n) is 9.91. The Kier molecular flexibility index (Phi) is 5.67. The Morgan fingerprint density at radius 3 is 2.39 bits per heavy atom. The number of nitrogens with zero attached hydrogens (tertiary/aromatic N) is 1. The number of Topliss-reactive ketones (excluding diaryl/α,β-unsaturated/α-hetero) is 1. The van der Waals surface area contributed by atoms with Crippen molar-refractivity contribution in [2.75, 3.05) is 0 Å². The molecule has 4 rings (SSSR count). The second-order valence-corrected chi connectivity index (χ2v) is 7.26. The summed E-state index contributed by atoms with van der Waals surface area (Å²) in [6.45, 7) is 0. The third-order valence-electron chi connectivity index (χ3n) is 5.09. The molecule has 0 unspecified atom stereocenters. The van der Waals surface area contributed by atoms with Gasteiger partial charge in [0.05, 0.1) is 11.3 Å². The maximum atomic E-state index is 12.7. The summed E-state index contributed by atoms with van der Waals surface area (Å²) in [7, 11) is 0. The molecule has 0 atom stereocenters. The molecule has 0 amide bonds. The number of pyridine rings is 1. The first-order chi connectivity index (χ1) is 15.0. The molecule has 3 aromatic carbocycles. The smallest absolute Gasteiger partial charge is 0.167 e. The molecule has 0 aliphatic heterocycles. The molecule has 0 bridgehead atoms. The van der Waals surface area contributed by atoms with E-state index in [1.54, 1.807) is 36.4 Å². The van der Waals surface area contributed by atoms with Crippen molar-refractivity contribution in [1.82, 2.24) is 4.98 Å². The van der Waals surface area contributed by atoms with Gasteiger partial charge >= 0.3 is 0 Å². The number of rotatable bonds is 6. The van der Waals surface area contributed by atoms with E-state index in [0.717, 1.165) is 10.9 Å². The summed E-state index contributed by atoms with van der Waals surface area (Å²) in [5.74, 6) is -0.640. The number of phenols is 3. The number of phenolic OH excluding ortho intramolecular Hbond substituents is 3. The van der Waals surface area contributed by atoms with Crippen LogP contribution in [0.15, 0.2) is 72.8 Å². The van der Waals surface area contributed by atoms with E-state index in [-0.39, 0.29) is 28.6 Å². The fourth-order valence-electron chi connectivity index (χ4n) is 3.37. The molecule has 3 N–H and O–H groups in total. The number of hydrogen-bond donors (Lipinski definition) is 3. The Hall–Kier alpha value is -4.12. The molecule has 1 heterocycles. The monoisotopic (exact) mass is 411 g/mol. The lowest BCUT2D eigenvalue weighted by Crippen LogP contribution is -2.02. The SMILES string of the molecule is O=C(CCc1ccccc1)c1ccc2ccc(/C=C/c3ccc(O)c(O)c3)nc2c1O. The van der Waals surface area contributed by atoms with Crippen LogP contribution in [0, 0.1) is 0 Å². The average Bonchev–Trinajstić information content (AvgIpc) is 2.79. The highest BCUT2D eigenvalue weighted by Crippen LogP contribution is 2.29. The highest BCUT2D eigenvalue weighted by Gasteiger charge is 2.15. The molecule has 0 aliphatic rings. The lowest BCUT2D eigenvalue weighted by atomic mass is 10.0. The molecular formula is C26H21NO4. The molecule has 0 spiro atoms. The van der Waals surface area contributed by atoms with Crippen LogP contribution >= 0.6 is 0 Å². The van der Waals surface area contributed by atoms with Crippen molar-refractivity contribution in [3.8, 4) is 17.2 Å². The quantitative estimate of drug-likeness (QED) is 0.294. The summed E-state index contributed by atoms with van der Waals surface area (Å²) < 4.78 is 0. The number of hydrogen-bond acceptors (Lipinski definition) is 5. The van der Waals surface area contributed by atoms with Crippen LogP contribution in [-0.4, -0.2) is 26.1 Å². The van der Waals surface area contributed by atoms with Gasteiger partial charge in [-0.2, -0.15) is 0 Å². The molecule has 1 aromatic heterocycles. The number of fused-ring (bicyclic) bond motifs is 1. The number of carbonyl (C=O) groups excluding carboxylic acids is 1. The van der Waals surface area contributed by atoms with Crippen LogP contribution in [0.3, 0.4) is 0 Å². The zero-order valence-corrected chi connectivity index (χ0v) is 16.7. The van der Waals surface area contributed by atoms with E-state index in [9.17, 15) is 20.1 Å². The van der Waals surface area contributed by atoms with E-state index in [0.29, 0.717) is 29.6 Å². The molecular weight excluding hydrogens is 390 g/mol. The minimum absolute atomic E-state index is 0.118. The van der Waals surface area contributed by atoms with Gasteiger partial charge in [-0.3, -0.25) is 4.79 Å². The number of benzene rings is 3. The van der Waals surface area contributed by atoms with Crippen LogP contribution in [0.2, 0.25) is 0 Å². The van der Waals surface area contributed by atoms with Crippen molar-refractivity contribution < 1.29 is 20.1 Å². The predicted octanol–water partition coefficient (Wildman–Crippen LogP) is 5.34. The lowest BCUT2D eigenvalue weighted by Gasteiger charge is -2.08. The summed E-state index contributed by atoms with van der Waals surface area (Å²) in [6.07, 6.45) is 4.37. The van der Waals surface area contributed by atoms with Gasteiger partial charge in [0, 0.05) is 11.8 Å². The predicted molar refractivity (Wildman–Crippen MR) is 121 cm³/mol. The third kappa shape index (κ3) is 4.56. The Bertz CT molecular complexity index is 1280.